The van der Waals surface area contributed by atoms with Gasteiger partial charge in [0.15, 0.2) is 0 Å². The molecule has 1 fully saturated rings. The number of amides is 1. The summed E-state index contributed by atoms with van der Waals surface area (Å²) in [6.07, 6.45) is -0.278. The summed E-state index contributed by atoms with van der Waals surface area (Å²) in [6.45, 7) is 4.54. The minimum Gasteiger partial charge on any atom is -0.371 e. The molecule has 1 heterocycles. The molecule has 2 aromatic rings. The second-order valence-electron chi connectivity index (χ2n) is 6.80. The summed E-state index contributed by atoms with van der Waals surface area (Å²) in [5, 5.41) is 2.76. The second-order valence-corrected chi connectivity index (χ2v) is 8.74. The number of carbonyl (C=O) groups excluding carboxylic acids is 1. The van der Waals surface area contributed by atoms with Crippen LogP contribution in [0, 0.1) is 5.92 Å². The fraction of sp³-hybridized carbons (Fsp3) is 0.350. The molecule has 1 atom stereocenters. The molecule has 1 aliphatic rings. The molecule has 1 aliphatic heterocycles. The number of anilines is 1. The van der Waals surface area contributed by atoms with Crippen molar-refractivity contribution in [2.75, 3.05) is 25.0 Å². The predicted molar refractivity (Wildman–Crippen MR) is 104 cm³/mol. The van der Waals surface area contributed by atoms with Crippen molar-refractivity contribution >= 4 is 21.6 Å². The minimum atomic E-state index is -3.62. The van der Waals surface area contributed by atoms with E-state index in [0.717, 1.165) is 5.56 Å². The van der Waals surface area contributed by atoms with Crippen LogP contribution in [0.4, 0.5) is 5.69 Å². The fourth-order valence-electron chi connectivity index (χ4n) is 2.86. The molecule has 0 aliphatic carbocycles. The molecule has 1 N–H and O–H groups in total. The lowest BCUT2D eigenvalue weighted by Gasteiger charge is -2.32. The summed E-state index contributed by atoms with van der Waals surface area (Å²) in [7, 11) is -3.62. The number of benzene rings is 2. The summed E-state index contributed by atoms with van der Waals surface area (Å²) in [5.41, 5.74) is 1.54. The third kappa shape index (κ3) is 4.55. The third-order valence-corrected chi connectivity index (χ3v) is 6.36. The first-order chi connectivity index (χ1) is 12.9. The van der Waals surface area contributed by atoms with Gasteiger partial charge in [-0.3, -0.25) is 4.79 Å². The van der Waals surface area contributed by atoms with E-state index >= 15 is 0 Å². The molecule has 0 radical (unpaired) electrons. The normalized spacial score (nSPS) is 18.4. The van der Waals surface area contributed by atoms with Crippen molar-refractivity contribution in [2.45, 2.75) is 24.8 Å². The van der Waals surface area contributed by atoms with Gasteiger partial charge in [0.1, 0.15) is 0 Å². The SMILES string of the molecule is CC(C)C(=O)Nc1ccc(S(=O)(=O)N2CCOC(c3ccccc3)C2)cc1. The maximum Gasteiger partial charge on any atom is 0.243 e. The van der Waals surface area contributed by atoms with Gasteiger partial charge in [-0.2, -0.15) is 4.31 Å². The van der Waals surface area contributed by atoms with E-state index in [1.807, 2.05) is 30.3 Å². The summed E-state index contributed by atoms with van der Waals surface area (Å²) < 4.78 is 33.2. The highest BCUT2D eigenvalue weighted by atomic mass is 32.2. The number of ether oxygens (including phenoxy) is 1. The Morgan fingerprint density at radius 1 is 1.11 bits per heavy atom. The predicted octanol–water partition coefficient (Wildman–Crippen LogP) is 3.04. The Labute approximate surface area is 160 Å². The third-order valence-electron chi connectivity index (χ3n) is 4.48. The van der Waals surface area contributed by atoms with Gasteiger partial charge in [0.25, 0.3) is 0 Å². The molecule has 1 unspecified atom stereocenters. The fourth-order valence-corrected chi connectivity index (χ4v) is 4.28. The molecule has 6 nitrogen and oxygen atoms in total. The lowest BCUT2D eigenvalue weighted by atomic mass is 10.1. The molecule has 2 aromatic carbocycles. The van der Waals surface area contributed by atoms with Gasteiger partial charge in [-0.05, 0) is 29.8 Å². The number of hydrogen-bond donors (Lipinski definition) is 1. The largest absolute Gasteiger partial charge is 0.371 e. The topological polar surface area (TPSA) is 75.7 Å². The van der Waals surface area contributed by atoms with Crippen molar-refractivity contribution in [1.29, 1.82) is 0 Å². The number of rotatable bonds is 5. The average molecular weight is 388 g/mol. The zero-order valence-corrected chi connectivity index (χ0v) is 16.3. The van der Waals surface area contributed by atoms with Gasteiger partial charge in [0.05, 0.1) is 17.6 Å². The van der Waals surface area contributed by atoms with E-state index in [-0.39, 0.29) is 29.4 Å². The zero-order chi connectivity index (χ0) is 19.4. The van der Waals surface area contributed by atoms with Crippen LogP contribution in [0.15, 0.2) is 59.5 Å². The number of sulfonamides is 1. The second kappa shape index (κ2) is 8.21. The van der Waals surface area contributed by atoms with Crippen LogP contribution in [0.1, 0.15) is 25.5 Å². The summed E-state index contributed by atoms with van der Waals surface area (Å²) in [5.74, 6) is -0.249. The molecule has 144 valence electrons. The maximum absolute atomic E-state index is 13.0. The smallest absolute Gasteiger partial charge is 0.243 e. The van der Waals surface area contributed by atoms with Gasteiger partial charge in [0, 0.05) is 24.7 Å². The van der Waals surface area contributed by atoms with E-state index in [0.29, 0.717) is 18.8 Å². The molecule has 7 heteroatoms. The Kier molecular flexibility index (Phi) is 5.94. The number of nitrogens with one attached hydrogen (secondary N) is 1. The Morgan fingerprint density at radius 3 is 2.41 bits per heavy atom. The van der Waals surface area contributed by atoms with Crippen molar-refractivity contribution in [3.05, 3.63) is 60.2 Å². The number of carbonyl (C=O) groups is 1. The highest BCUT2D eigenvalue weighted by Crippen LogP contribution is 2.27. The van der Waals surface area contributed by atoms with Crippen molar-refractivity contribution in [1.82, 2.24) is 4.31 Å². The first-order valence-corrected chi connectivity index (χ1v) is 10.4. The van der Waals surface area contributed by atoms with Crippen LogP contribution in [-0.2, 0) is 19.6 Å². The van der Waals surface area contributed by atoms with Crippen LogP contribution < -0.4 is 5.32 Å². The van der Waals surface area contributed by atoms with Gasteiger partial charge in [0.2, 0.25) is 15.9 Å². The Morgan fingerprint density at radius 2 is 1.78 bits per heavy atom. The van der Waals surface area contributed by atoms with Crippen molar-refractivity contribution < 1.29 is 17.9 Å². The molecule has 0 saturated carbocycles. The molecule has 27 heavy (non-hydrogen) atoms. The Bertz CT molecular complexity index is 880. The van der Waals surface area contributed by atoms with Crippen LogP contribution >= 0.6 is 0 Å². The standard InChI is InChI=1S/C20H24N2O4S/c1-15(2)20(23)21-17-8-10-18(11-9-17)27(24,25)22-12-13-26-19(14-22)16-6-4-3-5-7-16/h3-11,15,19H,12-14H2,1-2H3,(H,21,23). The van der Waals surface area contributed by atoms with Crippen LogP contribution in [-0.4, -0.2) is 38.3 Å². The lowest BCUT2D eigenvalue weighted by Crippen LogP contribution is -2.42. The minimum absolute atomic E-state index is 0.107. The molecule has 3 rings (SSSR count). The van der Waals surface area contributed by atoms with Crippen LogP contribution in [0.5, 0.6) is 0 Å². The quantitative estimate of drug-likeness (QED) is 0.854. The molecule has 0 bridgehead atoms. The Hall–Kier alpha value is -2.22. The maximum atomic E-state index is 13.0. The molecule has 1 saturated heterocycles. The monoisotopic (exact) mass is 388 g/mol. The lowest BCUT2D eigenvalue weighted by molar-refractivity contribution is -0.118. The number of hydrogen-bond acceptors (Lipinski definition) is 4. The van der Waals surface area contributed by atoms with E-state index in [9.17, 15) is 13.2 Å². The van der Waals surface area contributed by atoms with Gasteiger partial charge in [-0.25, -0.2) is 8.42 Å². The number of morpholine rings is 1. The van der Waals surface area contributed by atoms with Crippen molar-refractivity contribution in [3.8, 4) is 0 Å². The molecule has 1 amide bonds. The Balaban J connectivity index is 1.74. The summed E-state index contributed by atoms with van der Waals surface area (Å²) in [6, 6.07) is 15.9. The van der Waals surface area contributed by atoms with E-state index in [1.54, 1.807) is 26.0 Å². The van der Waals surface area contributed by atoms with Gasteiger partial charge in [-0.15, -0.1) is 0 Å². The highest BCUT2D eigenvalue weighted by Gasteiger charge is 2.31. The summed E-state index contributed by atoms with van der Waals surface area (Å²) in [4.78, 5) is 12.0. The van der Waals surface area contributed by atoms with E-state index in [4.69, 9.17) is 4.74 Å². The first-order valence-electron chi connectivity index (χ1n) is 8.95. The highest BCUT2D eigenvalue weighted by molar-refractivity contribution is 7.89. The van der Waals surface area contributed by atoms with Crippen LogP contribution in [0.2, 0.25) is 0 Å². The van der Waals surface area contributed by atoms with E-state index in [2.05, 4.69) is 5.32 Å². The molecule has 0 spiro atoms. The van der Waals surface area contributed by atoms with Gasteiger partial charge < -0.3 is 10.1 Å². The average Bonchev–Trinajstić information content (AvgIpc) is 2.69. The van der Waals surface area contributed by atoms with Crippen LogP contribution in [0.25, 0.3) is 0 Å². The summed E-state index contributed by atoms with van der Waals surface area (Å²) >= 11 is 0. The van der Waals surface area contributed by atoms with E-state index < -0.39 is 10.0 Å². The van der Waals surface area contributed by atoms with Gasteiger partial charge in [-0.1, -0.05) is 44.2 Å². The van der Waals surface area contributed by atoms with Crippen molar-refractivity contribution in [2.24, 2.45) is 5.92 Å². The molecule has 0 aromatic heterocycles. The van der Waals surface area contributed by atoms with Gasteiger partial charge >= 0.3 is 0 Å². The van der Waals surface area contributed by atoms with E-state index in [1.165, 1.54) is 16.4 Å². The zero-order valence-electron chi connectivity index (χ0n) is 15.5. The van der Waals surface area contributed by atoms with Crippen LogP contribution in [0.3, 0.4) is 0 Å². The molecular formula is C20H24N2O4S. The van der Waals surface area contributed by atoms with Crippen molar-refractivity contribution in [3.63, 3.8) is 0 Å². The molecular weight excluding hydrogens is 364 g/mol. The number of nitrogens with zero attached hydrogens (tertiary/aromatic N) is 1. The first kappa shape index (κ1) is 19.5.